The first kappa shape index (κ1) is 44.5. The van der Waals surface area contributed by atoms with Crippen LogP contribution in [0.25, 0.3) is 111 Å². The van der Waals surface area contributed by atoms with E-state index in [1.54, 1.807) is 0 Å². The van der Waals surface area contributed by atoms with Crippen molar-refractivity contribution in [3.63, 3.8) is 0 Å². The molecule has 0 spiro atoms. The van der Waals surface area contributed by atoms with Crippen LogP contribution in [-0.4, -0.2) is 4.57 Å². The summed E-state index contributed by atoms with van der Waals surface area (Å²) >= 11 is 0. The molecule has 340 valence electrons. The fourth-order valence-corrected chi connectivity index (χ4v) is 10.4. The number of rotatable bonds is 8. The molecule has 0 aliphatic heterocycles. The number of fused-ring (bicyclic) bond motifs is 3. The van der Waals surface area contributed by atoms with E-state index in [0.29, 0.717) is 0 Å². The van der Waals surface area contributed by atoms with Crippen LogP contribution in [0.1, 0.15) is 52.7 Å². The Bertz CT molecular complexity index is 3410. The molecule has 0 aliphatic carbocycles. The summed E-state index contributed by atoms with van der Waals surface area (Å²) < 4.78 is 2.47. The van der Waals surface area contributed by atoms with Gasteiger partial charge in [-0.25, -0.2) is 0 Å². The average molecular weight is 902 g/mol. The summed E-state index contributed by atoms with van der Waals surface area (Å²) in [6, 6.07) is 85.3. The molecular formula is C69H59N. The van der Waals surface area contributed by atoms with Gasteiger partial charge in [-0.05, 0) is 136 Å². The van der Waals surface area contributed by atoms with E-state index in [1.165, 1.54) is 122 Å². The van der Waals surface area contributed by atoms with Crippen LogP contribution >= 0.6 is 0 Å². The predicted molar refractivity (Wildman–Crippen MR) is 301 cm³/mol. The lowest BCUT2D eigenvalue weighted by atomic mass is 9.82. The van der Waals surface area contributed by atoms with E-state index in [2.05, 4.69) is 284 Å². The van der Waals surface area contributed by atoms with E-state index >= 15 is 0 Å². The van der Waals surface area contributed by atoms with Crippen molar-refractivity contribution < 1.29 is 0 Å². The Morgan fingerprint density at radius 3 is 0.829 bits per heavy atom. The third-order valence-electron chi connectivity index (χ3n) is 14.3. The van der Waals surface area contributed by atoms with Crippen molar-refractivity contribution in [1.82, 2.24) is 4.57 Å². The van der Waals surface area contributed by atoms with Crippen LogP contribution in [0, 0.1) is 0 Å². The van der Waals surface area contributed by atoms with Crippen molar-refractivity contribution >= 4 is 21.8 Å². The van der Waals surface area contributed by atoms with Gasteiger partial charge in [-0.15, -0.1) is 0 Å². The first-order valence-corrected chi connectivity index (χ1v) is 24.7. The largest absolute Gasteiger partial charge is 0.343 e. The van der Waals surface area contributed by atoms with Crippen LogP contribution in [0.2, 0.25) is 0 Å². The van der Waals surface area contributed by atoms with Gasteiger partial charge in [0.05, 0.1) is 11.0 Å². The van der Waals surface area contributed by atoms with Crippen molar-refractivity contribution in [2.24, 2.45) is 7.05 Å². The summed E-state index contributed by atoms with van der Waals surface area (Å²) in [7, 11) is 2.27. The van der Waals surface area contributed by atoms with Crippen molar-refractivity contribution in [3.8, 4) is 89.0 Å². The maximum atomic E-state index is 2.47. The van der Waals surface area contributed by atoms with Gasteiger partial charge in [0.1, 0.15) is 0 Å². The second-order valence-electron chi connectivity index (χ2n) is 21.0. The number of aryl methyl sites for hydroxylation is 1. The molecule has 0 aliphatic rings. The van der Waals surface area contributed by atoms with E-state index in [1.807, 2.05) is 0 Å². The number of hydrogen-bond acceptors (Lipinski definition) is 0. The highest BCUT2D eigenvalue weighted by Gasteiger charge is 2.25. The van der Waals surface area contributed by atoms with Gasteiger partial charge in [-0.1, -0.05) is 236 Å². The van der Waals surface area contributed by atoms with Crippen LogP contribution in [0.15, 0.2) is 231 Å². The zero-order valence-corrected chi connectivity index (χ0v) is 41.4. The molecule has 1 aromatic heterocycles. The molecule has 0 fully saturated rings. The fraction of sp³-hybridized carbons (Fsp3) is 0.130. The highest BCUT2D eigenvalue weighted by molar-refractivity contribution is 6.17. The Morgan fingerprint density at radius 1 is 0.243 bits per heavy atom. The van der Waals surface area contributed by atoms with Gasteiger partial charge in [0.15, 0.2) is 0 Å². The van der Waals surface area contributed by atoms with E-state index in [-0.39, 0.29) is 10.8 Å². The number of aromatic nitrogens is 1. The van der Waals surface area contributed by atoms with Crippen molar-refractivity contribution in [2.75, 3.05) is 0 Å². The monoisotopic (exact) mass is 901 g/mol. The summed E-state index contributed by atoms with van der Waals surface area (Å²) in [5.74, 6) is 0. The molecule has 0 amide bonds. The normalized spacial score (nSPS) is 11.9. The Labute approximate surface area is 414 Å². The highest BCUT2D eigenvalue weighted by Crippen LogP contribution is 2.46. The Balaban J connectivity index is 1.05. The number of hydrogen-bond donors (Lipinski definition) is 0. The smallest absolute Gasteiger partial charge is 0.0568 e. The van der Waals surface area contributed by atoms with Crippen molar-refractivity contribution in [2.45, 2.75) is 52.4 Å². The molecule has 70 heavy (non-hydrogen) atoms. The third-order valence-corrected chi connectivity index (χ3v) is 14.3. The molecule has 0 saturated heterocycles. The number of nitrogens with zero attached hydrogens (tertiary/aromatic N) is 1. The Morgan fingerprint density at radius 2 is 0.514 bits per heavy atom. The van der Waals surface area contributed by atoms with Crippen LogP contribution in [0.5, 0.6) is 0 Å². The molecule has 10 aromatic carbocycles. The van der Waals surface area contributed by atoms with Crippen LogP contribution in [0.4, 0.5) is 0 Å². The quantitative estimate of drug-likeness (QED) is 0.143. The maximum absolute atomic E-state index is 2.47. The van der Waals surface area contributed by atoms with Gasteiger partial charge in [0.25, 0.3) is 0 Å². The summed E-state index contributed by atoms with van der Waals surface area (Å²) in [6.45, 7) is 14.0. The van der Waals surface area contributed by atoms with Crippen molar-refractivity contribution in [3.05, 3.63) is 242 Å². The van der Waals surface area contributed by atoms with Gasteiger partial charge in [0.2, 0.25) is 0 Å². The minimum Gasteiger partial charge on any atom is -0.343 e. The molecule has 1 nitrogen and oxygen atoms in total. The van der Waals surface area contributed by atoms with Crippen LogP contribution in [0.3, 0.4) is 0 Å². The molecule has 1 heteroatoms. The van der Waals surface area contributed by atoms with Gasteiger partial charge in [-0.3, -0.25) is 0 Å². The standard InChI is InChI=1S/C69H59N/c1-68(2,3)56-42-62(52-32-28-50(29-33-52)58-38-36-54(46-20-12-8-13-21-46)40-60(58)48-24-16-10-17-25-48)66-64(44-56)65-45-57(69(4,5)6)43-63(67(65)70(66)7)53-34-30-51(31-35-53)59-39-37-55(47-22-14-9-15-23-47)41-61(59)49-26-18-11-19-27-49/h8-45H,1-7H3. The molecule has 11 aromatic rings. The average Bonchev–Trinajstić information content (AvgIpc) is 3.69. The van der Waals surface area contributed by atoms with E-state index in [4.69, 9.17) is 0 Å². The maximum Gasteiger partial charge on any atom is 0.0568 e. The molecule has 0 atom stereocenters. The number of benzene rings is 10. The molecule has 0 saturated carbocycles. The highest BCUT2D eigenvalue weighted by atomic mass is 14.9. The van der Waals surface area contributed by atoms with E-state index < -0.39 is 0 Å². The van der Waals surface area contributed by atoms with Gasteiger partial charge in [0, 0.05) is 28.9 Å². The van der Waals surface area contributed by atoms with Crippen molar-refractivity contribution in [1.29, 1.82) is 0 Å². The first-order valence-electron chi connectivity index (χ1n) is 24.7. The zero-order chi connectivity index (χ0) is 48.1. The molecule has 0 radical (unpaired) electrons. The topological polar surface area (TPSA) is 4.93 Å². The third kappa shape index (κ3) is 8.37. The second kappa shape index (κ2) is 17.8. The predicted octanol–water partition coefficient (Wildman–Crippen LogP) is 19.3. The lowest BCUT2D eigenvalue weighted by molar-refractivity contribution is 0.590. The Kier molecular flexibility index (Phi) is 11.3. The van der Waals surface area contributed by atoms with Crippen LogP contribution < -0.4 is 0 Å². The molecule has 0 unspecified atom stereocenters. The second-order valence-corrected chi connectivity index (χ2v) is 21.0. The Hall–Kier alpha value is -8.00. The molecular weight excluding hydrogens is 843 g/mol. The minimum absolute atomic E-state index is 0.0612. The van der Waals surface area contributed by atoms with E-state index in [0.717, 1.165) is 0 Å². The SMILES string of the molecule is Cn1c2c(-c3ccc(-c4ccc(-c5ccccc5)cc4-c4ccccc4)cc3)cc(C(C)(C)C)cc2c2cc(C(C)(C)C)cc(-c3ccc(-c4ccc(-c5ccccc5)cc4-c4ccccc4)cc3)c21. The summed E-state index contributed by atoms with van der Waals surface area (Å²) in [6.07, 6.45) is 0. The molecule has 0 N–H and O–H groups in total. The summed E-state index contributed by atoms with van der Waals surface area (Å²) in [4.78, 5) is 0. The molecule has 1 heterocycles. The first-order chi connectivity index (χ1) is 33.9. The molecule has 0 bridgehead atoms. The lowest BCUT2D eigenvalue weighted by Crippen LogP contribution is -2.11. The van der Waals surface area contributed by atoms with Gasteiger partial charge in [-0.2, -0.15) is 0 Å². The van der Waals surface area contributed by atoms with Crippen LogP contribution in [-0.2, 0) is 17.9 Å². The zero-order valence-electron chi connectivity index (χ0n) is 41.4. The van der Waals surface area contributed by atoms with E-state index in [9.17, 15) is 0 Å². The van der Waals surface area contributed by atoms with Gasteiger partial charge >= 0.3 is 0 Å². The fourth-order valence-electron chi connectivity index (χ4n) is 10.4. The minimum atomic E-state index is -0.0612. The van der Waals surface area contributed by atoms with Gasteiger partial charge < -0.3 is 4.57 Å². The summed E-state index contributed by atoms with van der Waals surface area (Å²) in [5.41, 5.74) is 24.6. The lowest BCUT2D eigenvalue weighted by Gasteiger charge is -2.22. The molecule has 11 rings (SSSR count). The summed E-state index contributed by atoms with van der Waals surface area (Å²) in [5, 5.41) is 2.59.